The monoisotopic (exact) mass is 564 g/mol. The van der Waals surface area contributed by atoms with Crippen LogP contribution in [0.25, 0.3) is 0 Å². The first-order valence-electron chi connectivity index (χ1n) is 11.4. The van der Waals surface area contributed by atoms with E-state index >= 15 is 0 Å². The molecule has 3 aromatic rings. The van der Waals surface area contributed by atoms with Gasteiger partial charge in [0.25, 0.3) is 0 Å². The van der Waals surface area contributed by atoms with Crippen molar-refractivity contribution in [2.75, 3.05) is 4.90 Å². The van der Waals surface area contributed by atoms with Gasteiger partial charge in [-0.1, -0.05) is 81.8 Å². The van der Waals surface area contributed by atoms with Crippen molar-refractivity contribution in [2.45, 2.75) is 31.1 Å². The molecule has 0 saturated carbocycles. The highest BCUT2D eigenvalue weighted by atomic mass is 79.9. The summed E-state index contributed by atoms with van der Waals surface area (Å²) in [5, 5.41) is 14.5. The molecule has 0 bridgehead atoms. The zero-order chi connectivity index (χ0) is 25.4. The number of benzene rings is 3. The van der Waals surface area contributed by atoms with Crippen molar-refractivity contribution in [1.82, 2.24) is 5.01 Å². The number of amides is 2. The second-order valence-electron chi connectivity index (χ2n) is 8.66. The molecule has 36 heavy (non-hydrogen) atoms. The molecule has 2 atom stereocenters. The van der Waals surface area contributed by atoms with Crippen molar-refractivity contribution < 1.29 is 14.0 Å². The summed E-state index contributed by atoms with van der Waals surface area (Å²) in [6, 6.07) is 21.4. The van der Waals surface area contributed by atoms with Gasteiger partial charge in [-0.15, -0.1) is 0 Å². The number of hydrazone groups is 1. The minimum Gasteiger partial charge on any atom is -0.277 e. The van der Waals surface area contributed by atoms with Crippen LogP contribution in [0.4, 0.5) is 10.1 Å². The highest BCUT2D eigenvalue weighted by Crippen LogP contribution is 2.38. The molecule has 1 fully saturated rings. The van der Waals surface area contributed by atoms with Gasteiger partial charge in [0.15, 0.2) is 5.17 Å². The van der Waals surface area contributed by atoms with Crippen LogP contribution in [0, 0.1) is 18.2 Å². The summed E-state index contributed by atoms with van der Waals surface area (Å²) >= 11 is 4.44. The highest BCUT2D eigenvalue weighted by Gasteiger charge is 2.43. The molecular weight excluding hydrogens is 543 g/mol. The van der Waals surface area contributed by atoms with Gasteiger partial charge < -0.3 is 0 Å². The summed E-state index contributed by atoms with van der Waals surface area (Å²) in [5.41, 5.74) is 3.88. The first-order valence-corrected chi connectivity index (χ1v) is 13.0. The number of carbonyl (C=O) groups excluding carboxylic acids is 2. The van der Waals surface area contributed by atoms with E-state index < -0.39 is 22.9 Å². The van der Waals surface area contributed by atoms with Crippen LogP contribution in [0.15, 0.2) is 82.4 Å². The lowest BCUT2D eigenvalue weighted by Gasteiger charge is -2.24. The summed E-state index contributed by atoms with van der Waals surface area (Å²) in [7, 11) is 0. The lowest BCUT2D eigenvalue weighted by molar-refractivity contribution is -0.121. The molecule has 2 heterocycles. The standard InChI is InChI=1S/C27H22BrFN4O2S/c1-16-6-8-17(9-7-16)21-14-23(18-10-12-19(28)13-11-18)33(31-21)27(30)36-24-15-25(34)32(26(24)35)22-5-3-2-4-20(22)29/h2-13,23-24,30H,14-15H2,1H3/t23-,24-/m1/s1. The zero-order valence-electron chi connectivity index (χ0n) is 19.3. The van der Waals surface area contributed by atoms with Crippen LogP contribution in [-0.2, 0) is 9.59 Å². The number of para-hydroxylation sites is 1. The van der Waals surface area contributed by atoms with Crippen LogP contribution in [0.5, 0.6) is 0 Å². The molecule has 6 nitrogen and oxygen atoms in total. The average molecular weight is 565 g/mol. The number of nitrogens with zero attached hydrogens (tertiary/aromatic N) is 3. The Bertz CT molecular complexity index is 1380. The van der Waals surface area contributed by atoms with Gasteiger partial charge in [0.2, 0.25) is 11.8 Å². The third-order valence-corrected chi connectivity index (χ3v) is 7.80. The Morgan fingerprint density at radius 2 is 1.72 bits per heavy atom. The van der Waals surface area contributed by atoms with E-state index in [0.29, 0.717) is 6.42 Å². The predicted molar refractivity (Wildman–Crippen MR) is 144 cm³/mol. The lowest BCUT2D eigenvalue weighted by Crippen LogP contribution is -2.33. The van der Waals surface area contributed by atoms with E-state index in [0.717, 1.165) is 43.5 Å². The number of imide groups is 1. The van der Waals surface area contributed by atoms with Crippen molar-refractivity contribution >= 4 is 56.1 Å². The number of rotatable bonds is 4. The molecule has 1 saturated heterocycles. The molecule has 3 aromatic carbocycles. The maximum Gasteiger partial charge on any atom is 0.247 e. The summed E-state index contributed by atoms with van der Waals surface area (Å²) in [5.74, 6) is -1.64. The van der Waals surface area contributed by atoms with E-state index in [4.69, 9.17) is 10.5 Å². The van der Waals surface area contributed by atoms with Crippen molar-refractivity contribution in [3.63, 3.8) is 0 Å². The quantitative estimate of drug-likeness (QED) is 0.238. The number of hydrogen-bond donors (Lipinski definition) is 1. The van der Waals surface area contributed by atoms with Gasteiger partial charge >= 0.3 is 0 Å². The number of thioether (sulfide) groups is 1. The van der Waals surface area contributed by atoms with E-state index in [1.807, 2.05) is 55.5 Å². The van der Waals surface area contributed by atoms with Gasteiger partial charge in [-0.25, -0.2) is 14.3 Å². The van der Waals surface area contributed by atoms with Crippen LogP contribution in [-0.4, -0.2) is 33.0 Å². The van der Waals surface area contributed by atoms with Crippen LogP contribution < -0.4 is 4.90 Å². The van der Waals surface area contributed by atoms with Crippen molar-refractivity contribution in [3.05, 3.63) is 99.8 Å². The third-order valence-electron chi connectivity index (χ3n) is 6.21. The average Bonchev–Trinajstić information content (AvgIpc) is 3.42. The lowest BCUT2D eigenvalue weighted by atomic mass is 9.98. The highest BCUT2D eigenvalue weighted by molar-refractivity contribution is 9.10. The van der Waals surface area contributed by atoms with Gasteiger partial charge in [-0.3, -0.25) is 15.0 Å². The number of nitrogens with one attached hydrogen (secondary N) is 1. The van der Waals surface area contributed by atoms with Crippen molar-refractivity contribution in [3.8, 4) is 0 Å². The Hall–Kier alpha value is -3.30. The number of carbonyl (C=O) groups is 2. The van der Waals surface area contributed by atoms with Crippen LogP contribution in [0.2, 0.25) is 0 Å². The van der Waals surface area contributed by atoms with Gasteiger partial charge in [0.05, 0.1) is 17.4 Å². The number of amidine groups is 1. The Morgan fingerprint density at radius 3 is 2.42 bits per heavy atom. The van der Waals surface area contributed by atoms with Gasteiger partial charge in [-0.05, 0) is 42.3 Å². The molecule has 5 rings (SSSR count). The molecule has 2 aliphatic heterocycles. The summed E-state index contributed by atoms with van der Waals surface area (Å²) in [6.45, 7) is 2.02. The Kier molecular flexibility index (Phi) is 6.77. The van der Waals surface area contributed by atoms with Crippen LogP contribution >= 0.6 is 27.7 Å². The number of aryl methyl sites for hydroxylation is 1. The molecule has 0 radical (unpaired) electrons. The summed E-state index contributed by atoms with van der Waals surface area (Å²) in [4.78, 5) is 26.6. The first kappa shape index (κ1) is 24.4. The largest absolute Gasteiger partial charge is 0.277 e. The summed E-state index contributed by atoms with van der Waals surface area (Å²) < 4.78 is 15.2. The normalized spacial score (nSPS) is 19.7. The van der Waals surface area contributed by atoms with E-state index in [2.05, 4.69) is 15.9 Å². The number of hydrogen-bond acceptors (Lipinski definition) is 5. The van der Waals surface area contributed by atoms with E-state index in [1.54, 1.807) is 11.1 Å². The van der Waals surface area contributed by atoms with Crippen LogP contribution in [0.3, 0.4) is 0 Å². The molecule has 0 aliphatic carbocycles. The molecule has 0 unspecified atom stereocenters. The molecular formula is C27H22BrFN4O2S. The summed E-state index contributed by atoms with van der Waals surface area (Å²) in [6.07, 6.45) is 0.484. The minimum absolute atomic E-state index is 0.0595. The van der Waals surface area contributed by atoms with E-state index in [9.17, 15) is 14.0 Å². The predicted octanol–water partition coefficient (Wildman–Crippen LogP) is 6.05. The maximum absolute atomic E-state index is 14.3. The SMILES string of the molecule is Cc1ccc(C2=NN(C(=N)S[C@@H]3CC(=O)N(c4ccccc4F)C3=O)[C@@H](c3ccc(Br)cc3)C2)cc1. The number of halogens is 2. The third kappa shape index (κ3) is 4.73. The fourth-order valence-corrected chi connectivity index (χ4v) is 5.58. The minimum atomic E-state index is -0.825. The molecule has 0 spiro atoms. The van der Waals surface area contributed by atoms with Crippen molar-refractivity contribution in [1.29, 1.82) is 5.41 Å². The molecule has 182 valence electrons. The molecule has 0 aromatic heterocycles. The van der Waals surface area contributed by atoms with Gasteiger partial charge in [0.1, 0.15) is 11.1 Å². The zero-order valence-corrected chi connectivity index (χ0v) is 21.7. The maximum atomic E-state index is 14.3. The first-order chi connectivity index (χ1) is 17.3. The van der Waals surface area contributed by atoms with Gasteiger partial charge in [-0.2, -0.15) is 5.10 Å². The Labute approximate surface area is 220 Å². The molecule has 9 heteroatoms. The second-order valence-corrected chi connectivity index (χ2v) is 10.8. The van der Waals surface area contributed by atoms with Crippen molar-refractivity contribution in [2.24, 2.45) is 5.10 Å². The second kappa shape index (κ2) is 9.99. The fraction of sp³-hybridized carbons (Fsp3) is 0.185. The molecule has 1 N–H and O–H groups in total. The topological polar surface area (TPSA) is 76.8 Å². The molecule has 2 aliphatic rings. The Balaban J connectivity index is 1.41. The Morgan fingerprint density at radius 1 is 1.03 bits per heavy atom. The number of anilines is 1. The van der Waals surface area contributed by atoms with Gasteiger partial charge in [0, 0.05) is 17.3 Å². The molecule has 2 amide bonds. The van der Waals surface area contributed by atoms with Crippen LogP contribution in [0.1, 0.15) is 35.6 Å². The fourth-order valence-electron chi connectivity index (χ4n) is 4.33. The van der Waals surface area contributed by atoms with E-state index in [-0.39, 0.29) is 23.3 Å². The smallest absolute Gasteiger partial charge is 0.247 e. The van der Waals surface area contributed by atoms with E-state index in [1.165, 1.54) is 18.2 Å².